The molecule has 0 spiro atoms. The highest BCUT2D eigenvalue weighted by Gasteiger charge is 2.23. The molecule has 1 fully saturated rings. The van der Waals surface area contributed by atoms with E-state index >= 15 is 0 Å². The molecule has 1 heterocycles. The molecule has 21 heavy (non-hydrogen) atoms. The first-order chi connectivity index (χ1) is 10.2. The lowest BCUT2D eigenvalue weighted by Gasteiger charge is -2.24. The SMILES string of the molecule is CCc1nnc(NC2CCCCCC2N)c(C#N)c1CC. The largest absolute Gasteiger partial charge is 0.363 e. The molecule has 1 saturated carbocycles. The lowest BCUT2D eigenvalue weighted by Crippen LogP contribution is -2.39. The third-order valence-corrected chi connectivity index (χ3v) is 4.35. The summed E-state index contributed by atoms with van der Waals surface area (Å²) in [6, 6.07) is 2.61. The van der Waals surface area contributed by atoms with Crippen LogP contribution in [-0.4, -0.2) is 22.3 Å². The van der Waals surface area contributed by atoms with Gasteiger partial charge in [0.15, 0.2) is 5.82 Å². The van der Waals surface area contributed by atoms with Gasteiger partial charge in [-0.2, -0.15) is 10.4 Å². The molecule has 5 heteroatoms. The second kappa shape index (κ2) is 7.37. The van der Waals surface area contributed by atoms with E-state index in [0.717, 1.165) is 36.9 Å². The first-order valence-electron chi connectivity index (χ1n) is 8.01. The van der Waals surface area contributed by atoms with E-state index in [2.05, 4.69) is 28.5 Å². The van der Waals surface area contributed by atoms with E-state index in [4.69, 9.17) is 5.73 Å². The Kier molecular flexibility index (Phi) is 5.51. The van der Waals surface area contributed by atoms with Gasteiger partial charge < -0.3 is 11.1 Å². The zero-order valence-corrected chi connectivity index (χ0v) is 13.0. The fourth-order valence-electron chi connectivity index (χ4n) is 3.09. The molecule has 5 nitrogen and oxygen atoms in total. The zero-order valence-electron chi connectivity index (χ0n) is 13.0. The predicted octanol–water partition coefficient (Wildman–Crippen LogP) is 2.54. The van der Waals surface area contributed by atoms with Gasteiger partial charge in [-0.15, -0.1) is 5.10 Å². The normalized spacial score (nSPS) is 22.4. The van der Waals surface area contributed by atoms with Crippen molar-refractivity contribution in [3.63, 3.8) is 0 Å². The van der Waals surface area contributed by atoms with E-state index in [-0.39, 0.29) is 12.1 Å². The number of rotatable bonds is 4. The Morgan fingerprint density at radius 1 is 1.19 bits per heavy atom. The lowest BCUT2D eigenvalue weighted by molar-refractivity contribution is 0.526. The number of hydrogen-bond acceptors (Lipinski definition) is 5. The van der Waals surface area contributed by atoms with Gasteiger partial charge in [0.2, 0.25) is 0 Å². The minimum absolute atomic E-state index is 0.122. The molecule has 1 aliphatic rings. The van der Waals surface area contributed by atoms with Crippen LogP contribution >= 0.6 is 0 Å². The quantitative estimate of drug-likeness (QED) is 0.831. The summed E-state index contributed by atoms with van der Waals surface area (Å²) in [4.78, 5) is 0. The number of aryl methyl sites for hydroxylation is 1. The van der Waals surface area contributed by atoms with Gasteiger partial charge in [0, 0.05) is 12.1 Å². The summed E-state index contributed by atoms with van der Waals surface area (Å²) < 4.78 is 0. The molecule has 0 aromatic carbocycles. The Hall–Kier alpha value is -1.67. The third kappa shape index (κ3) is 3.51. The van der Waals surface area contributed by atoms with Gasteiger partial charge in [-0.25, -0.2) is 0 Å². The highest BCUT2D eigenvalue weighted by molar-refractivity contribution is 5.57. The van der Waals surface area contributed by atoms with Crippen molar-refractivity contribution in [2.75, 3.05) is 5.32 Å². The van der Waals surface area contributed by atoms with Crippen molar-refractivity contribution in [1.29, 1.82) is 5.26 Å². The number of hydrogen-bond donors (Lipinski definition) is 2. The smallest absolute Gasteiger partial charge is 0.167 e. The van der Waals surface area contributed by atoms with Crippen LogP contribution < -0.4 is 11.1 Å². The van der Waals surface area contributed by atoms with Gasteiger partial charge in [-0.05, 0) is 31.2 Å². The van der Waals surface area contributed by atoms with E-state index in [1.165, 1.54) is 19.3 Å². The minimum atomic E-state index is 0.122. The first kappa shape index (κ1) is 15.7. The second-order valence-electron chi connectivity index (χ2n) is 5.72. The molecule has 2 rings (SSSR count). The molecule has 114 valence electrons. The average Bonchev–Trinajstić information content (AvgIpc) is 2.71. The standard InChI is InChI=1S/C16H25N5/c1-3-11-12(10-17)16(21-20-14(11)4-2)19-15-9-7-5-6-8-13(15)18/h13,15H,3-9,18H2,1-2H3,(H,19,21). The molecule has 0 saturated heterocycles. The van der Waals surface area contributed by atoms with Crippen LogP contribution in [0.1, 0.15) is 62.8 Å². The monoisotopic (exact) mass is 287 g/mol. The highest BCUT2D eigenvalue weighted by Crippen LogP contribution is 2.24. The Bertz CT molecular complexity index is 520. The van der Waals surface area contributed by atoms with Crippen LogP contribution in [0.15, 0.2) is 0 Å². The van der Waals surface area contributed by atoms with E-state index in [1.54, 1.807) is 0 Å². The van der Waals surface area contributed by atoms with Crippen LogP contribution in [0.3, 0.4) is 0 Å². The van der Waals surface area contributed by atoms with Crippen LogP contribution in [0, 0.1) is 11.3 Å². The van der Waals surface area contributed by atoms with Crippen molar-refractivity contribution in [3.05, 3.63) is 16.8 Å². The second-order valence-corrected chi connectivity index (χ2v) is 5.72. The topological polar surface area (TPSA) is 87.6 Å². The van der Waals surface area contributed by atoms with Crippen molar-refractivity contribution < 1.29 is 0 Å². The van der Waals surface area contributed by atoms with E-state index in [9.17, 15) is 5.26 Å². The van der Waals surface area contributed by atoms with Crippen LogP contribution in [0.4, 0.5) is 5.82 Å². The van der Waals surface area contributed by atoms with Crippen molar-refractivity contribution >= 4 is 5.82 Å². The number of nitrogens with one attached hydrogen (secondary N) is 1. The fourth-order valence-corrected chi connectivity index (χ4v) is 3.09. The van der Waals surface area contributed by atoms with Gasteiger partial charge >= 0.3 is 0 Å². The maximum atomic E-state index is 9.51. The zero-order chi connectivity index (χ0) is 15.2. The average molecular weight is 287 g/mol. The molecule has 0 amide bonds. The molecule has 1 aromatic rings. The lowest BCUT2D eigenvalue weighted by atomic mass is 10.0. The molecule has 2 atom stereocenters. The Morgan fingerprint density at radius 3 is 2.62 bits per heavy atom. The van der Waals surface area contributed by atoms with Crippen LogP contribution in [0.5, 0.6) is 0 Å². The molecule has 0 radical (unpaired) electrons. The van der Waals surface area contributed by atoms with Crippen molar-refractivity contribution in [3.8, 4) is 6.07 Å². The van der Waals surface area contributed by atoms with Gasteiger partial charge in [-0.3, -0.25) is 0 Å². The summed E-state index contributed by atoms with van der Waals surface area (Å²) >= 11 is 0. The first-order valence-corrected chi connectivity index (χ1v) is 8.01. The summed E-state index contributed by atoms with van der Waals surface area (Å²) in [5.41, 5.74) is 8.83. The number of aromatic nitrogens is 2. The van der Waals surface area contributed by atoms with Crippen molar-refractivity contribution in [2.45, 2.75) is 70.9 Å². The molecule has 1 aromatic heterocycles. The Labute approximate surface area is 126 Å². The number of nitriles is 1. The van der Waals surface area contributed by atoms with E-state index in [0.29, 0.717) is 11.4 Å². The predicted molar refractivity (Wildman–Crippen MR) is 84.0 cm³/mol. The summed E-state index contributed by atoms with van der Waals surface area (Å²) in [7, 11) is 0. The third-order valence-electron chi connectivity index (χ3n) is 4.35. The number of anilines is 1. The van der Waals surface area contributed by atoms with E-state index < -0.39 is 0 Å². The Balaban J connectivity index is 2.29. The maximum Gasteiger partial charge on any atom is 0.167 e. The van der Waals surface area contributed by atoms with Crippen LogP contribution in [0.25, 0.3) is 0 Å². The van der Waals surface area contributed by atoms with Gasteiger partial charge in [-0.1, -0.05) is 33.1 Å². The number of nitrogens with zero attached hydrogens (tertiary/aromatic N) is 3. The summed E-state index contributed by atoms with van der Waals surface area (Å²) in [6.45, 7) is 4.09. The molecule has 0 aliphatic heterocycles. The van der Waals surface area contributed by atoms with Gasteiger partial charge in [0.25, 0.3) is 0 Å². The summed E-state index contributed by atoms with van der Waals surface area (Å²) in [5, 5.41) is 21.4. The van der Waals surface area contributed by atoms with Crippen LogP contribution in [0.2, 0.25) is 0 Å². The Morgan fingerprint density at radius 2 is 1.95 bits per heavy atom. The van der Waals surface area contributed by atoms with E-state index in [1.807, 2.05) is 6.92 Å². The molecular weight excluding hydrogens is 262 g/mol. The minimum Gasteiger partial charge on any atom is -0.363 e. The van der Waals surface area contributed by atoms with Crippen LogP contribution in [-0.2, 0) is 12.8 Å². The summed E-state index contributed by atoms with van der Waals surface area (Å²) in [5.74, 6) is 0.605. The van der Waals surface area contributed by atoms with Crippen molar-refractivity contribution in [2.24, 2.45) is 5.73 Å². The molecule has 1 aliphatic carbocycles. The van der Waals surface area contributed by atoms with Gasteiger partial charge in [0.05, 0.1) is 5.69 Å². The highest BCUT2D eigenvalue weighted by atomic mass is 15.2. The molecule has 3 N–H and O–H groups in total. The maximum absolute atomic E-state index is 9.51. The fraction of sp³-hybridized carbons (Fsp3) is 0.688. The molecule has 0 bridgehead atoms. The van der Waals surface area contributed by atoms with Crippen molar-refractivity contribution in [1.82, 2.24) is 10.2 Å². The summed E-state index contributed by atoms with van der Waals surface area (Å²) in [6.07, 6.45) is 7.25. The number of nitrogens with two attached hydrogens (primary N) is 1. The van der Waals surface area contributed by atoms with Gasteiger partial charge in [0.1, 0.15) is 11.6 Å². The molecular formula is C16H25N5. The molecule has 2 unspecified atom stereocenters.